The molecule has 0 unspecified atom stereocenters. The van der Waals surface area contributed by atoms with Gasteiger partial charge in [0, 0.05) is 13.1 Å². The second kappa shape index (κ2) is 5.63. The molecule has 0 bridgehead atoms. The van der Waals surface area contributed by atoms with Crippen molar-refractivity contribution in [1.82, 2.24) is 14.5 Å². The molecule has 2 heterocycles. The third kappa shape index (κ3) is 2.70. The lowest BCUT2D eigenvalue weighted by molar-refractivity contribution is 0.721. The van der Waals surface area contributed by atoms with E-state index in [1.165, 1.54) is 0 Å². The summed E-state index contributed by atoms with van der Waals surface area (Å²) < 4.78 is 2.19. The lowest BCUT2D eigenvalue weighted by Gasteiger charge is -2.09. The fourth-order valence-corrected chi connectivity index (χ4v) is 2.35. The van der Waals surface area contributed by atoms with E-state index in [9.17, 15) is 0 Å². The Hall–Kier alpha value is -2.87. The van der Waals surface area contributed by atoms with Crippen molar-refractivity contribution in [3.63, 3.8) is 0 Å². The molecule has 0 spiro atoms. The van der Waals surface area contributed by atoms with Crippen LogP contribution in [0.15, 0.2) is 42.6 Å². The molecule has 0 aliphatic heterocycles. The number of hydrogen-bond acceptors (Lipinski definition) is 4. The third-order valence-electron chi connectivity index (χ3n) is 3.39. The number of nitrogens with one attached hydrogen (secondary N) is 1. The van der Waals surface area contributed by atoms with Crippen LogP contribution in [0, 0.1) is 18.3 Å². The molecular weight excluding hydrogens is 262 g/mol. The lowest BCUT2D eigenvalue weighted by Crippen LogP contribution is -2.11. The summed E-state index contributed by atoms with van der Waals surface area (Å²) in [6.07, 6.45) is 1.68. The van der Waals surface area contributed by atoms with Crippen molar-refractivity contribution in [1.29, 1.82) is 5.26 Å². The predicted molar refractivity (Wildman–Crippen MR) is 81.9 cm³/mol. The summed E-state index contributed by atoms with van der Waals surface area (Å²) in [5.41, 5.74) is 3.51. The molecule has 104 valence electrons. The van der Waals surface area contributed by atoms with Gasteiger partial charge in [-0.3, -0.25) is 0 Å². The first-order valence-electron chi connectivity index (χ1n) is 6.80. The largest absolute Gasteiger partial charge is 0.382 e. The first-order chi connectivity index (χ1) is 10.3. The van der Waals surface area contributed by atoms with Crippen molar-refractivity contribution in [3.8, 4) is 6.07 Å². The van der Waals surface area contributed by atoms with E-state index in [4.69, 9.17) is 5.26 Å². The molecule has 2 aromatic heterocycles. The van der Waals surface area contributed by atoms with Crippen LogP contribution < -0.4 is 5.32 Å². The quantitative estimate of drug-likeness (QED) is 0.796. The van der Waals surface area contributed by atoms with Gasteiger partial charge in [-0.2, -0.15) is 5.26 Å². The number of pyridine rings is 1. The van der Waals surface area contributed by atoms with Crippen LogP contribution in [0.5, 0.6) is 0 Å². The minimum atomic E-state index is 0.428. The van der Waals surface area contributed by atoms with E-state index in [-0.39, 0.29) is 0 Å². The summed E-state index contributed by atoms with van der Waals surface area (Å²) in [5, 5.41) is 12.0. The predicted octanol–water partition coefficient (Wildman–Crippen LogP) is 2.72. The Morgan fingerprint density at radius 1 is 1.24 bits per heavy atom. The highest BCUT2D eigenvalue weighted by molar-refractivity contribution is 5.75. The van der Waals surface area contributed by atoms with Gasteiger partial charge in [-0.1, -0.05) is 12.1 Å². The topological polar surface area (TPSA) is 66.5 Å². The number of aryl methyl sites for hydroxylation is 1. The van der Waals surface area contributed by atoms with E-state index in [1.807, 2.05) is 37.3 Å². The number of nitrogens with zero attached hydrogens (tertiary/aromatic N) is 4. The molecule has 21 heavy (non-hydrogen) atoms. The minimum absolute atomic E-state index is 0.428. The van der Waals surface area contributed by atoms with E-state index >= 15 is 0 Å². The normalized spacial score (nSPS) is 10.5. The number of para-hydroxylation sites is 2. The van der Waals surface area contributed by atoms with Crippen LogP contribution in [0.4, 0.5) is 5.69 Å². The van der Waals surface area contributed by atoms with Crippen molar-refractivity contribution in [2.24, 2.45) is 0 Å². The number of fused-ring (bicyclic) bond motifs is 1. The summed E-state index contributed by atoms with van der Waals surface area (Å²) in [4.78, 5) is 8.59. The van der Waals surface area contributed by atoms with Gasteiger partial charge in [-0.15, -0.1) is 0 Å². The van der Waals surface area contributed by atoms with Crippen LogP contribution in [-0.2, 0) is 6.54 Å². The van der Waals surface area contributed by atoms with Crippen LogP contribution in [0.1, 0.15) is 11.5 Å². The lowest BCUT2D eigenvalue weighted by atomic mass is 10.3. The maximum atomic E-state index is 8.72. The van der Waals surface area contributed by atoms with Crippen LogP contribution in [-0.4, -0.2) is 21.1 Å². The molecule has 0 fully saturated rings. The fourth-order valence-electron chi connectivity index (χ4n) is 2.35. The van der Waals surface area contributed by atoms with Gasteiger partial charge in [0.15, 0.2) is 0 Å². The zero-order valence-electron chi connectivity index (χ0n) is 11.7. The molecule has 1 N–H and O–H groups in total. The number of benzene rings is 1. The van der Waals surface area contributed by atoms with E-state index in [0.717, 1.165) is 35.6 Å². The van der Waals surface area contributed by atoms with Gasteiger partial charge in [0.05, 0.1) is 22.9 Å². The molecule has 0 amide bonds. The zero-order chi connectivity index (χ0) is 14.7. The maximum absolute atomic E-state index is 8.72. The summed E-state index contributed by atoms with van der Waals surface area (Å²) >= 11 is 0. The molecule has 0 atom stereocenters. The van der Waals surface area contributed by atoms with Crippen LogP contribution in [0.3, 0.4) is 0 Å². The molecule has 0 aliphatic carbocycles. The van der Waals surface area contributed by atoms with Gasteiger partial charge in [-0.05, 0) is 31.2 Å². The highest BCUT2D eigenvalue weighted by Crippen LogP contribution is 2.15. The molecule has 0 radical (unpaired) electrons. The van der Waals surface area contributed by atoms with Crippen molar-refractivity contribution in [3.05, 3.63) is 54.1 Å². The van der Waals surface area contributed by atoms with Gasteiger partial charge >= 0.3 is 0 Å². The maximum Gasteiger partial charge on any atom is 0.140 e. The van der Waals surface area contributed by atoms with Crippen molar-refractivity contribution in [2.75, 3.05) is 11.9 Å². The summed E-state index contributed by atoms with van der Waals surface area (Å²) in [5.74, 6) is 1.01. The number of hydrogen-bond donors (Lipinski definition) is 1. The molecule has 3 rings (SSSR count). The van der Waals surface area contributed by atoms with E-state index in [1.54, 1.807) is 12.3 Å². The number of nitriles is 1. The molecule has 5 heteroatoms. The molecule has 0 aliphatic rings. The number of aromatic nitrogens is 3. The molecule has 5 nitrogen and oxygen atoms in total. The van der Waals surface area contributed by atoms with Crippen molar-refractivity contribution >= 4 is 16.7 Å². The summed E-state index contributed by atoms with van der Waals surface area (Å²) in [7, 11) is 0. The second-order valence-corrected chi connectivity index (χ2v) is 4.77. The molecule has 3 aromatic rings. The van der Waals surface area contributed by atoms with Gasteiger partial charge in [0.2, 0.25) is 0 Å². The Morgan fingerprint density at radius 3 is 2.86 bits per heavy atom. The van der Waals surface area contributed by atoms with Gasteiger partial charge in [0.25, 0.3) is 0 Å². The third-order valence-corrected chi connectivity index (χ3v) is 3.39. The van der Waals surface area contributed by atoms with Crippen molar-refractivity contribution in [2.45, 2.75) is 13.5 Å². The minimum Gasteiger partial charge on any atom is -0.382 e. The zero-order valence-corrected chi connectivity index (χ0v) is 11.7. The number of imidazole rings is 1. The van der Waals surface area contributed by atoms with Gasteiger partial charge in [-0.25, -0.2) is 9.97 Å². The first kappa shape index (κ1) is 13.1. The second-order valence-electron chi connectivity index (χ2n) is 4.77. The SMILES string of the molecule is Cc1nc2ccccc2n1CCNc1ccc(C#N)nc1. The smallest absolute Gasteiger partial charge is 0.140 e. The average molecular weight is 277 g/mol. The standard InChI is InChI=1S/C16H15N5/c1-12-20-15-4-2-3-5-16(15)21(12)9-8-18-14-7-6-13(10-17)19-11-14/h2-7,11,18H,8-9H2,1H3. The average Bonchev–Trinajstić information content (AvgIpc) is 2.84. The molecular formula is C16H15N5. The highest BCUT2D eigenvalue weighted by atomic mass is 15.1. The Labute approximate surface area is 122 Å². The fraction of sp³-hybridized carbons (Fsp3) is 0.188. The molecule has 1 aromatic carbocycles. The first-order valence-corrected chi connectivity index (χ1v) is 6.80. The van der Waals surface area contributed by atoms with Crippen LogP contribution >= 0.6 is 0 Å². The van der Waals surface area contributed by atoms with Gasteiger partial charge < -0.3 is 9.88 Å². The van der Waals surface area contributed by atoms with Gasteiger partial charge in [0.1, 0.15) is 17.6 Å². The highest BCUT2D eigenvalue weighted by Gasteiger charge is 2.05. The van der Waals surface area contributed by atoms with E-state index in [0.29, 0.717) is 5.69 Å². The van der Waals surface area contributed by atoms with Crippen LogP contribution in [0.25, 0.3) is 11.0 Å². The van der Waals surface area contributed by atoms with E-state index < -0.39 is 0 Å². The van der Waals surface area contributed by atoms with E-state index in [2.05, 4.69) is 25.9 Å². The molecule has 0 saturated heterocycles. The number of anilines is 1. The van der Waals surface area contributed by atoms with Crippen molar-refractivity contribution < 1.29 is 0 Å². The Kier molecular flexibility index (Phi) is 3.52. The Balaban J connectivity index is 1.69. The number of rotatable bonds is 4. The summed E-state index contributed by atoms with van der Waals surface area (Å²) in [6, 6.07) is 13.7. The summed E-state index contributed by atoms with van der Waals surface area (Å²) in [6.45, 7) is 3.62. The monoisotopic (exact) mass is 277 g/mol. The Bertz CT molecular complexity index is 796. The Morgan fingerprint density at radius 2 is 2.10 bits per heavy atom. The van der Waals surface area contributed by atoms with Crippen LogP contribution in [0.2, 0.25) is 0 Å². The molecule has 0 saturated carbocycles.